The fourth-order valence-corrected chi connectivity index (χ4v) is 2.66. The van der Waals surface area contributed by atoms with E-state index in [0.29, 0.717) is 19.5 Å². The first-order valence-corrected chi connectivity index (χ1v) is 8.46. The quantitative estimate of drug-likeness (QED) is 0.537. The molecule has 1 atom stereocenters. The van der Waals surface area contributed by atoms with Crippen LogP contribution in [0, 0.1) is 5.92 Å². The highest BCUT2D eigenvalue weighted by atomic mass is 16.2. The van der Waals surface area contributed by atoms with Gasteiger partial charge in [-0.1, -0.05) is 20.3 Å². The summed E-state index contributed by atoms with van der Waals surface area (Å²) >= 11 is 0. The van der Waals surface area contributed by atoms with Crippen molar-refractivity contribution in [3.8, 4) is 0 Å². The number of hydrogen-bond acceptors (Lipinski definition) is 5. The van der Waals surface area contributed by atoms with Gasteiger partial charge >= 0.3 is 0 Å². The summed E-state index contributed by atoms with van der Waals surface area (Å²) in [6.07, 6.45) is 3.86. The summed E-state index contributed by atoms with van der Waals surface area (Å²) in [6.45, 7) is 5.98. The molecule has 1 heterocycles. The van der Waals surface area contributed by atoms with Crippen molar-refractivity contribution >= 4 is 17.6 Å². The van der Waals surface area contributed by atoms with Crippen molar-refractivity contribution in [2.24, 2.45) is 11.7 Å². The fourth-order valence-electron chi connectivity index (χ4n) is 2.66. The first-order valence-electron chi connectivity index (χ1n) is 8.46. The number of rotatable bonds is 9. The van der Waals surface area contributed by atoms with Gasteiger partial charge in [0.25, 0.3) is 0 Å². The Hall–Kier alpha value is -1.47. The minimum atomic E-state index is -0.577. The van der Waals surface area contributed by atoms with Crippen LogP contribution in [-0.2, 0) is 14.4 Å². The molecule has 1 aliphatic rings. The van der Waals surface area contributed by atoms with Gasteiger partial charge in [-0.3, -0.25) is 19.3 Å². The molecule has 7 nitrogen and oxygen atoms in total. The molecule has 0 aromatic rings. The van der Waals surface area contributed by atoms with Gasteiger partial charge in [0, 0.05) is 5.92 Å². The molecule has 0 aromatic heterocycles. The standard InChI is InChI=1S/C16H30N4O3/c1-12(2)16(23)13(6-7-17)19-14(21)10-18-15(22)11-20-8-4-3-5-9-20/h12-13H,3-11,17H2,1-2H3,(H,18,22)(H,19,21). The number of hydrogen-bond donors (Lipinski definition) is 3. The van der Waals surface area contributed by atoms with Crippen molar-refractivity contribution < 1.29 is 14.4 Å². The molecule has 0 aliphatic carbocycles. The summed E-state index contributed by atoms with van der Waals surface area (Å²) in [6, 6.07) is -0.577. The van der Waals surface area contributed by atoms with E-state index in [1.165, 1.54) is 6.42 Å². The molecule has 1 saturated heterocycles. The van der Waals surface area contributed by atoms with Crippen LogP contribution in [0.25, 0.3) is 0 Å². The maximum Gasteiger partial charge on any atom is 0.239 e. The van der Waals surface area contributed by atoms with Crippen molar-refractivity contribution in [3.63, 3.8) is 0 Å². The van der Waals surface area contributed by atoms with Gasteiger partial charge in [-0.05, 0) is 38.9 Å². The first-order chi connectivity index (χ1) is 10.9. The minimum absolute atomic E-state index is 0.0385. The van der Waals surface area contributed by atoms with Crippen molar-refractivity contribution in [2.45, 2.75) is 45.6 Å². The van der Waals surface area contributed by atoms with Gasteiger partial charge < -0.3 is 16.4 Å². The second-order valence-electron chi connectivity index (χ2n) is 6.37. The molecule has 23 heavy (non-hydrogen) atoms. The average Bonchev–Trinajstić information content (AvgIpc) is 2.52. The van der Waals surface area contributed by atoms with Crippen molar-refractivity contribution in [1.29, 1.82) is 0 Å². The van der Waals surface area contributed by atoms with Crippen LogP contribution >= 0.6 is 0 Å². The minimum Gasteiger partial charge on any atom is -0.346 e. The molecule has 4 N–H and O–H groups in total. The normalized spacial score (nSPS) is 16.9. The summed E-state index contributed by atoms with van der Waals surface area (Å²) in [7, 11) is 0. The number of Topliss-reactive ketones (excluding diaryl/α,β-unsaturated/α-hetero) is 1. The van der Waals surface area contributed by atoms with Crippen LogP contribution in [0.4, 0.5) is 0 Å². The van der Waals surface area contributed by atoms with Crippen LogP contribution in [-0.4, -0.2) is 61.3 Å². The molecule has 0 bridgehead atoms. The molecule has 0 radical (unpaired) electrons. The summed E-state index contributed by atoms with van der Waals surface area (Å²) < 4.78 is 0. The molecule has 132 valence electrons. The lowest BCUT2D eigenvalue weighted by atomic mass is 9.99. The Balaban J connectivity index is 2.33. The van der Waals surface area contributed by atoms with Crippen LogP contribution in [0.3, 0.4) is 0 Å². The predicted molar refractivity (Wildman–Crippen MR) is 88.7 cm³/mol. The lowest BCUT2D eigenvalue weighted by Crippen LogP contribution is -2.48. The maximum absolute atomic E-state index is 12.0. The number of nitrogens with zero attached hydrogens (tertiary/aromatic N) is 1. The zero-order chi connectivity index (χ0) is 17.2. The molecule has 2 amide bonds. The number of carbonyl (C=O) groups is 3. The Morgan fingerprint density at radius 2 is 1.74 bits per heavy atom. The maximum atomic E-state index is 12.0. The molecule has 0 spiro atoms. The topological polar surface area (TPSA) is 105 Å². The van der Waals surface area contributed by atoms with Gasteiger partial charge in [-0.2, -0.15) is 0 Å². The molecule has 1 unspecified atom stereocenters. The average molecular weight is 326 g/mol. The van der Waals surface area contributed by atoms with E-state index in [2.05, 4.69) is 15.5 Å². The van der Waals surface area contributed by atoms with E-state index in [9.17, 15) is 14.4 Å². The summed E-state index contributed by atoms with van der Waals surface area (Å²) in [4.78, 5) is 37.9. The van der Waals surface area contributed by atoms with Crippen LogP contribution in [0.5, 0.6) is 0 Å². The highest BCUT2D eigenvalue weighted by Gasteiger charge is 2.22. The molecular formula is C16H30N4O3. The van der Waals surface area contributed by atoms with E-state index in [1.54, 1.807) is 13.8 Å². The molecule has 7 heteroatoms. The van der Waals surface area contributed by atoms with Gasteiger partial charge in [0.2, 0.25) is 11.8 Å². The van der Waals surface area contributed by atoms with Crippen LogP contribution in [0.2, 0.25) is 0 Å². The van der Waals surface area contributed by atoms with E-state index >= 15 is 0 Å². The number of nitrogens with two attached hydrogens (primary N) is 1. The largest absolute Gasteiger partial charge is 0.346 e. The highest BCUT2D eigenvalue weighted by molar-refractivity contribution is 5.92. The number of piperidine rings is 1. The lowest BCUT2D eigenvalue weighted by molar-refractivity contribution is -0.130. The zero-order valence-electron chi connectivity index (χ0n) is 14.3. The third-order valence-corrected chi connectivity index (χ3v) is 3.97. The Morgan fingerprint density at radius 1 is 1.09 bits per heavy atom. The third-order valence-electron chi connectivity index (χ3n) is 3.97. The SMILES string of the molecule is CC(C)C(=O)C(CCN)NC(=O)CNC(=O)CN1CCCCC1. The summed E-state index contributed by atoms with van der Waals surface area (Å²) in [5, 5.41) is 5.27. The van der Waals surface area contributed by atoms with Crippen molar-refractivity contribution in [2.75, 3.05) is 32.7 Å². The van der Waals surface area contributed by atoms with Gasteiger partial charge in [-0.25, -0.2) is 0 Å². The van der Waals surface area contributed by atoms with E-state index < -0.39 is 6.04 Å². The number of carbonyl (C=O) groups excluding carboxylic acids is 3. The van der Waals surface area contributed by atoms with Gasteiger partial charge in [-0.15, -0.1) is 0 Å². The second kappa shape index (κ2) is 10.3. The van der Waals surface area contributed by atoms with Crippen LogP contribution in [0.1, 0.15) is 39.5 Å². The lowest BCUT2D eigenvalue weighted by Gasteiger charge is -2.25. The number of amides is 2. The van der Waals surface area contributed by atoms with E-state index in [1.807, 2.05) is 0 Å². The first kappa shape index (κ1) is 19.6. The smallest absolute Gasteiger partial charge is 0.239 e. The van der Waals surface area contributed by atoms with Gasteiger partial charge in [0.05, 0.1) is 19.1 Å². The van der Waals surface area contributed by atoms with Crippen LogP contribution in [0.15, 0.2) is 0 Å². The van der Waals surface area contributed by atoms with Gasteiger partial charge in [0.1, 0.15) is 0 Å². The Labute approximate surface area is 138 Å². The fraction of sp³-hybridized carbons (Fsp3) is 0.812. The summed E-state index contributed by atoms with van der Waals surface area (Å²) in [5.41, 5.74) is 5.49. The van der Waals surface area contributed by atoms with Crippen molar-refractivity contribution in [1.82, 2.24) is 15.5 Å². The van der Waals surface area contributed by atoms with Gasteiger partial charge in [0.15, 0.2) is 5.78 Å². The highest BCUT2D eigenvalue weighted by Crippen LogP contribution is 2.07. The van der Waals surface area contributed by atoms with Crippen LogP contribution < -0.4 is 16.4 Å². The van der Waals surface area contributed by atoms with E-state index in [0.717, 1.165) is 25.9 Å². The molecule has 1 rings (SSSR count). The monoisotopic (exact) mass is 326 g/mol. The summed E-state index contributed by atoms with van der Waals surface area (Å²) in [5.74, 6) is -0.721. The molecular weight excluding hydrogens is 296 g/mol. The number of likely N-dealkylation sites (tertiary alicyclic amines) is 1. The molecule has 0 aromatic carbocycles. The molecule has 1 aliphatic heterocycles. The molecule has 1 fully saturated rings. The Morgan fingerprint density at radius 3 is 2.30 bits per heavy atom. The zero-order valence-corrected chi connectivity index (χ0v) is 14.3. The van der Waals surface area contributed by atoms with E-state index in [4.69, 9.17) is 5.73 Å². The number of ketones is 1. The van der Waals surface area contributed by atoms with Crippen molar-refractivity contribution in [3.05, 3.63) is 0 Å². The molecule has 0 saturated carbocycles. The Kier molecular flexibility index (Phi) is 8.79. The Bertz CT molecular complexity index is 406. The second-order valence-corrected chi connectivity index (χ2v) is 6.37. The van der Waals surface area contributed by atoms with E-state index in [-0.39, 0.29) is 30.1 Å². The third kappa shape index (κ3) is 7.56. The number of nitrogens with one attached hydrogen (secondary N) is 2. The predicted octanol–water partition coefficient (Wildman–Crippen LogP) is -0.353.